The van der Waals surface area contributed by atoms with Gasteiger partial charge in [0.1, 0.15) is 6.54 Å². The van der Waals surface area contributed by atoms with Crippen LogP contribution in [0, 0.1) is 6.92 Å². The Kier molecular flexibility index (Phi) is 5.32. The fourth-order valence-corrected chi connectivity index (χ4v) is 3.04. The summed E-state index contributed by atoms with van der Waals surface area (Å²) < 4.78 is 6.71. The number of aryl methyl sites for hydroxylation is 1. The highest BCUT2D eigenvalue weighted by atomic mass is 35.5. The van der Waals surface area contributed by atoms with E-state index in [0.717, 1.165) is 29.8 Å². The van der Waals surface area contributed by atoms with E-state index in [9.17, 15) is 9.59 Å². The summed E-state index contributed by atoms with van der Waals surface area (Å²) in [5, 5.41) is 5.09. The van der Waals surface area contributed by atoms with Gasteiger partial charge in [-0.2, -0.15) is 5.10 Å². The molecule has 0 unspecified atom stereocenters. The molecule has 6 nitrogen and oxygen atoms in total. The molecular formula is C19H22ClN3O3. The van der Waals surface area contributed by atoms with Gasteiger partial charge in [-0.1, -0.05) is 17.7 Å². The van der Waals surface area contributed by atoms with Gasteiger partial charge in [0.2, 0.25) is 0 Å². The number of carbonyl (C=O) groups excluding carboxylic acids is 2. The van der Waals surface area contributed by atoms with Crippen molar-refractivity contribution in [3.8, 4) is 5.69 Å². The average Bonchev–Trinajstić information content (AvgIpc) is 3.35. The molecule has 26 heavy (non-hydrogen) atoms. The zero-order chi connectivity index (χ0) is 18.8. The van der Waals surface area contributed by atoms with Crippen LogP contribution in [0.5, 0.6) is 0 Å². The number of likely N-dealkylation sites (N-methyl/N-ethyl adjacent to an activating group) is 1. The number of ether oxygens (including phenoxy) is 1. The SMILES string of the molecule is CCOC(=O)CN(C)C(=O)c1cnn(-c2ccc(C)c(Cl)c2)c1C1CC1. The Morgan fingerprint density at radius 1 is 1.38 bits per heavy atom. The number of amides is 1. The molecule has 1 fully saturated rings. The van der Waals surface area contributed by atoms with E-state index >= 15 is 0 Å². The summed E-state index contributed by atoms with van der Waals surface area (Å²) in [4.78, 5) is 25.9. The molecule has 2 aromatic rings. The number of rotatable bonds is 6. The summed E-state index contributed by atoms with van der Waals surface area (Å²) >= 11 is 6.25. The number of benzene rings is 1. The van der Waals surface area contributed by atoms with Gasteiger partial charge in [0.15, 0.2) is 0 Å². The molecular weight excluding hydrogens is 354 g/mol. The molecule has 0 spiro atoms. The minimum absolute atomic E-state index is 0.0850. The Morgan fingerprint density at radius 2 is 2.12 bits per heavy atom. The third-order valence-electron chi connectivity index (χ3n) is 4.42. The molecule has 1 aliphatic rings. The van der Waals surface area contributed by atoms with Crippen molar-refractivity contribution >= 4 is 23.5 Å². The Hall–Kier alpha value is -2.34. The number of esters is 1. The molecule has 7 heteroatoms. The molecule has 0 atom stereocenters. The zero-order valence-corrected chi connectivity index (χ0v) is 15.9. The van der Waals surface area contributed by atoms with Crippen LogP contribution in [-0.2, 0) is 9.53 Å². The van der Waals surface area contributed by atoms with Gasteiger partial charge in [-0.05, 0) is 44.4 Å². The summed E-state index contributed by atoms with van der Waals surface area (Å²) in [7, 11) is 1.59. The maximum atomic E-state index is 12.8. The standard InChI is InChI=1S/C19H22ClN3O3/c1-4-26-17(24)11-22(3)19(25)15-10-21-23(18(15)13-6-7-13)14-8-5-12(2)16(20)9-14/h5,8-10,13H,4,6-7,11H2,1-3H3. The van der Waals surface area contributed by atoms with E-state index in [-0.39, 0.29) is 12.5 Å². The van der Waals surface area contributed by atoms with Crippen LogP contribution in [0.25, 0.3) is 5.69 Å². The Labute approximate surface area is 157 Å². The highest BCUT2D eigenvalue weighted by Crippen LogP contribution is 2.42. The van der Waals surface area contributed by atoms with E-state index in [0.29, 0.717) is 23.1 Å². The van der Waals surface area contributed by atoms with Crippen LogP contribution < -0.4 is 0 Å². The second-order valence-electron chi connectivity index (χ2n) is 6.53. The lowest BCUT2D eigenvalue weighted by Crippen LogP contribution is -2.33. The second kappa shape index (κ2) is 7.50. The van der Waals surface area contributed by atoms with Crippen molar-refractivity contribution < 1.29 is 14.3 Å². The van der Waals surface area contributed by atoms with Crippen LogP contribution in [-0.4, -0.2) is 46.8 Å². The molecule has 0 saturated heterocycles. The van der Waals surface area contributed by atoms with E-state index in [1.807, 2.05) is 25.1 Å². The van der Waals surface area contributed by atoms with Crippen molar-refractivity contribution in [2.45, 2.75) is 32.6 Å². The first-order valence-corrected chi connectivity index (χ1v) is 9.05. The van der Waals surface area contributed by atoms with E-state index in [4.69, 9.17) is 16.3 Å². The van der Waals surface area contributed by atoms with E-state index in [1.165, 1.54) is 4.90 Å². The van der Waals surface area contributed by atoms with Gasteiger partial charge >= 0.3 is 5.97 Å². The van der Waals surface area contributed by atoms with Crippen LogP contribution in [0.4, 0.5) is 0 Å². The van der Waals surface area contributed by atoms with Gasteiger partial charge in [-0.3, -0.25) is 9.59 Å². The minimum atomic E-state index is -0.422. The summed E-state index contributed by atoms with van der Waals surface area (Å²) in [6, 6.07) is 5.73. The van der Waals surface area contributed by atoms with Crippen LogP contribution in [0.3, 0.4) is 0 Å². The highest BCUT2D eigenvalue weighted by molar-refractivity contribution is 6.31. The average molecular weight is 376 g/mol. The van der Waals surface area contributed by atoms with Gasteiger partial charge < -0.3 is 9.64 Å². The van der Waals surface area contributed by atoms with Gasteiger partial charge in [-0.15, -0.1) is 0 Å². The van der Waals surface area contributed by atoms with Crippen LogP contribution in [0.1, 0.15) is 47.3 Å². The molecule has 3 rings (SSSR count). The van der Waals surface area contributed by atoms with Crippen LogP contribution in [0.2, 0.25) is 5.02 Å². The van der Waals surface area contributed by atoms with Crippen molar-refractivity contribution in [2.75, 3.05) is 20.2 Å². The summed E-state index contributed by atoms with van der Waals surface area (Å²) in [5.74, 6) is -0.356. The monoisotopic (exact) mass is 375 g/mol. The van der Waals surface area contributed by atoms with Gasteiger partial charge in [0, 0.05) is 18.0 Å². The maximum absolute atomic E-state index is 12.8. The first kappa shape index (κ1) is 18.5. The molecule has 1 saturated carbocycles. The molecule has 0 radical (unpaired) electrons. The molecule has 1 aromatic carbocycles. The highest BCUT2D eigenvalue weighted by Gasteiger charge is 2.34. The fraction of sp³-hybridized carbons (Fsp3) is 0.421. The molecule has 1 heterocycles. The second-order valence-corrected chi connectivity index (χ2v) is 6.94. The summed E-state index contributed by atoms with van der Waals surface area (Å²) in [6.07, 6.45) is 3.62. The number of carbonyl (C=O) groups is 2. The first-order chi connectivity index (χ1) is 12.4. The van der Waals surface area contributed by atoms with E-state index < -0.39 is 5.97 Å². The largest absolute Gasteiger partial charge is 0.465 e. The van der Waals surface area contributed by atoms with Gasteiger partial charge in [0.25, 0.3) is 5.91 Å². The lowest BCUT2D eigenvalue weighted by atomic mass is 10.1. The van der Waals surface area contributed by atoms with Gasteiger partial charge in [-0.25, -0.2) is 4.68 Å². The predicted octanol–water partition coefficient (Wildman–Crippen LogP) is 3.35. The zero-order valence-electron chi connectivity index (χ0n) is 15.2. The van der Waals surface area contributed by atoms with E-state index in [2.05, 4.69) is 5.10 Å². The fourth-order valence-electron chi connectivity index (χ4n) is 2.87. The Morgan fingerprint density at radius 3 is 2.73 bits per heavy atom. The van der Waals surface area contributed by atoms with E-state index in [1.54, 1.807) is 24.9 Å². The minimum Gasteiger partial charge on any atom is -0.465 e. The normalized spacial score (nSPS) is 13.5. The smallest absolute Gasteiger partial charge is 0.325 e. The van der Waals surface area contributed by atoms with Crippen molar-refractivity contribution in [2.24, 2.45) is 0 Å². The van der Waals surface area contributed by atoms with Crippen molar-refractivity contribution in [1.29, 1.82) is 0 Å². The third kappa shape index (κ3) is 3.75. The lowest BCUT2D eigenvalue weighted by Gasteiger charge is -2.17. The van der Waals surface area contributed by atoms with Crippen molar-refractivity contribution in [3.05, 3.63) is 46.2 Å². The summed E-state index contributed by atoms with van der Waals surface area (Å²) in [5.41, 5.74) is 3.22. The van der Waals surface area contributed by atoms with Crippen LogP contribution in [0.15, 0.2) is 24.4 Å². The number of aromatic nitrogens is 2. The number of halogens is 1. The Bertz CT molecular complexity index is 843. The quantitative estimate of drug-likeness (QED) is 0.726. The number of hydrogen-bond donors (Lipinski definition) is 0. The molecule has 0 N–H and O–H groups in total. The maximum Gasteiger partial charge on any atom is 0.325 e. The van der Waals surface area contributed by atoms with Crippen molar-refractivity contribution in [1.82, 2.24) is 14.7 Å². The topological polar surface area (TPSA) is 64.4 Å². The lowest BCUT2D eigenvalue weighted by molar-refractivity contribution is -0.143. The molecule has 1 aliphatic carbocycles. The number of nitrogens with zero attached hydrogens (tertiary/aromatic N) is 3. The molecule has 138 valence electrons. The first-order valence-electron chi connectivity index (χ1n) is 8.68. The summed E-state index contributed by atoms with van der Waals surface area (Å²) in [6.45, 7) is 3.89. The van der Waals surface area contributed by atoms with Crippen molar-refractivity contribution in [3.63, 3.8) is 0 Å². The third-order valence-corrected chi connectivity index (χ3v) is 4.83. The Balaban J connectivity index is 1.91. The predicted molar refractivity (Wildman–Crippen MR) is 98.9 cm³/mol. The van der Waals surface area contributed by atoms with Gasteiger partial charge in [0.05, 0.1) is 29.7 Å². The molecule has 1 aromatic heterocycles. The molecule has 0 aliphatic heterocycles. The molecule has 0 bridgehead atoms. The number of hydrogen-bond acceptors (Lipinski definition) is 4. The van der Waals surface area contributed by atoms with Crippen LogP contribution >= 0.6 is 11.6 Å². The molecule has 1 amide bonds.